The third-order valence-corrected chi connectivity index (χ3v) is 4.38. The Morgan fingerprint density at radius 1 is 0.964 bits per heavy atom. The maximum Gasteiger partial charge on any atom is 0.202 e. The van der Waals surface area contributed by atoms with E-state index in [4.69, 9.17) is 11.6 Å². The Morgan fingerprint density at radius 2 is 1.79 bits per heavy atom. The average molecular weight is 392 g/mol. The van der Waals surface area contributed by atoms with Gasteiger partial charge >= 0.3 is 0 Å². The van der Waals surface area contributed by atoms with Crippen molar-refractivity contribution >= 4 is 23.1 Å². The Kier molecular flexibility index (Phi) is 4.95. The molecule has 0 aliphatic rings. The SMILES string of the molecule is Cc1ccc(-c2nnc(-c3ccccn3)nc2Nc2ccc(F)c(Cl)c2)cc1. The van der Waals surface area contributed by atoms with Gasteiger partial charge in [-0.05, 0) is 37.3 Å². The minimum Gasteiger partial charge on any atom is -0.338 e. The Balaban J connectivity index is 1.81. The molecular formula is C21H15ClFN5. The summed E-state index contributed by atoms with van der Waals surface area (Å²) in [5, 5.41) is 11.8. The molecule has 0 fully saturated rings. The van der Waals surface area contributed by atoms with Crippen molar-refractivity contribution in [1.29, 1.82) is 0 Å². The molecule has 0 spiro atoms. The fraction of sp³-hybridized carbons (Fsp3) is 0.0476. The second-order valence-corrected chi connectivity index (χ2v) is 6.57. The van der Waals surface area contributed by atoms with E-state index in [2.05, 4.69) is 25.5 Å². The lowest BCUT2D eigenvalue weighted by Crippen LogP contribution is -2.04. The molecule has 0 aliphatic heterocycles. The van der Waals surface area contributed by atoms with E-state index >= 15 is 0 Å². The van der Waals surface area contributed by atoms with E-state index in [1.54, 1.807) is 18.3 Å². The van der Waals surface area contributed by atoms with Gasteiger partial charge in [-0.1, -0.05) is 47.5 Å². The molecule has 2 heterocycles. The summed E-state index contributed by atoms with van der Waals surface area (Å²) >= 11 is 5.91. The number of nitrogens with one attached hydrogen (secondary N) is 1. The summed E-state index contributed by atoms with van der Waals surface area (Å²) < 4.78 is 13.5. The van der Waals surface area contributed by atoms with Crippen LogP contribution in [0, 0.1) is 12.7 Å². The van der Waals surface area contributed by atoms with Crippen LogP contribution in [0.1, 0.15) is 5.56 Å². The van der Waals surface area contributed by atoms with Gasteiger partial charge in [-0.3, -0.25) is 4.98 Å². The number of pyridine rings is 1. The van der Waals surface area contributed by atoms with Crippen molar-refractivity contribution in [2.24, 2.45) is 0 Å². The van der Waals surface area contributed by atoms with Crippen LogP contribution >= 0.6 is 11.6 Å². The number of hydrogen-bond donors (Lipinski definition) is 1. The van der Waals surface area contributed by atoms with Crippen LogP contribution in [0.25, 0.3) is 22.8 Å². The fourth-order valence-electron chi connectivity index (χ4n) is 2.63. The fourth-order valence-corrected chi connectivity index (χ4v) is 2.81. The van der Waals surface area contributed by atoms with Gasteiger partial charge in [-0.15, -0.1) is 10.2 Å². The van der Waals surface area contributed by atoms with Gasteiger partial charge < -0.3 is 5.32 Å². The number of hydrogen-bond acceptors (Lipinski definition) is 5. The van der Waals surface area contributed by atoms with E-state index in [1.807, 2.05) is 43.3 Å². The van der Waals surface area contributed by atoms with E-state index in [9.17, 15) is 4.39 Å². The highest BCUT2D eigenvalue weighted by Gasteiger charge is 2.14. The highest BCUT2D eigenvalue weighted by Crippen LogP contribution is 2.29. The Morgan fingerprint density at radius 3 is 2.50 bits per heavy atom. The maximum atomic E-state index is 13.5. The molecule has 0 atom stereocenters. The molecule has 0 saturated heterocycles. The number of anilines is 2. The number of halogens is 2. The van der Waals surface area contributed by atoms with Crippen LogP contribution in [0.15, 0.2) is 66.9 Å². The smallest absolute Gasteiger partial charge is 0.202 e. The average Bonchev–Trinajstić information content (AvgIpc) is 2.72. The maximum absolute atomic E-state index is 13.5. The van der Waals surface area contributed by atoms with Crippen molar-refractivity contribution in [2.45, 2.75) is 6.92 Å². The zero-order chi connectivity index (χ0) is 19.5. The first-order valence-electron chi connectivity index (χ1n) is 8.55. The number of rotatable bonds is 4. The van der Waals surface area contributed by atoms with Gasteiger partial charge in [-0.2, -0.15) is 0 Å². The third kappa shape index (κ3) is 3.82. The molecule has 0 aliphatic carbocycles. The zero-order valence-corrected chi connectivity index (χ0v) is 15.7. The molecule has 0 unspecified atom stereocenters. The first-order chi connectivity index (χ1) is 13.6. The molecule has 2 aromatic heterocycles. The van der Waals surface area contributed by atoms with Gasteiger partial charge in [0.05, 0.1) is 5.02 Å². The molecule has 0 amide bonds. The van der Waals surface area contributed by atoms with Crippen molar-refractivity contribution < 1.29 is 4.39 Å². The van der Waals surface area contributed by atoms with Crippen molar-refractivity contribution in [3.8, 4) is 22.8 Å². The van der Waals surface area contributed by atoms with Gasteiger partial charge in [0.1, 0.15) is 17.2 Å². The summed E-state index contributed by atoms with van der Waals surface area (Å²) in [5.41, 5.74) is 3.75. The Labute approximate surface area is 166 Å². The molecule has 5 nitrogen and oxygen atoms in total. The second kappa shape index (κ2) is 7.70. The standard InChI is InChI=1S/C21H15ClFN5/c1-13-5-7-14(8-6-13)19-21(25-15-9-10-17(23)16(22)12-15)26-20(28-27-19)18-4-2-3-11-24-18/h2-12H,1H3,(H,25,26,28). The van der Waals surface area contributed by atoms with E-state index in [0.717, 1.165) is 11.1 Å². The molecule has 4 aromatic rings. The lowest BCUT2D eigenvalue weighted by molar-refractivity contribution is 0.628. The van der Waals surface area contributed by atoms with Gasteiger partial charge in [0.2, 0.25) is 5.82 Å². The van der Waals surface area contributed by atoms with Crippen molar-refractivity contribution in [1.82, 2.24) is 20.2 Å². The van der Waals surface area contributed by atoms with Crippen LogP contribution in [0.5, 0.6) is 0 Å². The monoisotopic (exact) mass is 391 g/mol. The molecule has 0 radical (unpaired) electrons. The molecule has 1 N–H and O–H groups in total. The van der Waals surface area contributed by atoms with Crippen LogP contribution in [0.3, 0.4) is 0 Å². The molecule has 0 saturated carbocycles. The van der Waals surface area contributed by atoms with Crippen LogP contribution in [-0.2, 0) is 0 Å². The molecule has 138 valence electrons. The van der Waals surface area contributed by atoms with E-state index in [-0.39, 0.29) is 5.02 Å². The van der Waals surface area contributed by atoms with Crippen molar-refractivity contribution in [2.75, 3.05) is 5.32 Å². The molecule has 28 heavy (non-hydrogen) atoms. The summed E-state index contributed by atoms with van der Waals surface area (Å²) in [6.07, 6.45) is 1.67. The highest BCUT2D eigenvalue weighted by atomic mass is 35.5. The van der Waals surface area contributed by atoms with Crippen LogP contribution < -0.4 is 5.32 Å². The Bertz CT molecular complexity index is 1120. The minimum atomic E-state index is -0.485. The minimum absolute atomic E-state index is 0.0221. The van der Waals surface area contributed by atoms with Gasteiger partial charge in [0.15, 0.2) is 5.82 Å². The number of aryl methyl sites for hydroxylation is 1. The zero-order valence-electron chi connectivity index (χ0n) is 14.9. The topological polar surface area (TPSA) is 63.6 Å². The largest absolute Gasteiger partial charge is 0.338 e. The van der Waals surface area contributed by atoms with Gasteiger partial charge in [0, 0.05) is 17.4 Å². The number of nitrogens with zero attached hydrogens (tertiary/aromatic N) is 4. The summed E-state index contributed by atoms with van der Waals surface area (Å²) in [7, 11) is 0. The summed E-state index contributed by atoms with van der Waals surface area (Å²) in [4.78, 5) is 8.88. The van der Waals surface area contributed by atoms with E-state index < -0.39 is 5.82 Å². The molecule has 2 aromatic carbocycles. The summed E-state index contributed by atoms with van der Waals surface area (Å²) in [6.45, 7) is 2.01. The lowest BCUT2D eigenvalue weighted by atomic mass is 10.1. The molecule has 0 bridgehead atoms. The normalized spacial score (nSPS) is 10.7. The van der Waals surface area contributed by atoms with Crippen LogP contribution in [-0.4, -0.2) is 20.2 Å². The van der Waals surface area contributed by atoms with E-state index in [0.29, 0.717) is 28.7 Å². The van der Waals surface area contributed by atoms with Crippen LogP contribution in [0.2, 0.25) is 5.02 Å². The van der Waals surface area contributed by atoms with Gasteiger partial charge in [0.25, 0.3) is 0 Å². The molecule has 7 heteroatoms. The first-order valence-corrected chi connectivity index (χ1v) is 8.93. The van der Waals surface area contributed by atoms with Gasteiger partial charge in [-0.25, -0.2) is 9.37 Å². The highest BCUT2D eigenvalue weighted by molar-refractivity contribution is 6.31. The Hall–Kier alpha value is -3.38. The summed E-state index contributed by atoms with van der Waals surface area (Å²) in [5.74, 6) is 0.371. The first kappa shape index (κ1) is 18.0. The number of aromatic nitrogens is 4. The third-order valence-electron chi connectivity index (χ3n) is 4.09. The number of benzene rings is 2. The predicted molar refractivity (Wildman–Crippen MR) is 108 cm³/mol. The van der Waals surface area contributed by atoms with Crippen molar-refractivity contribution in [3.63, 3.8) is 0 Å². The van der Waals surface area contributed by atoms with E-state index in [1.165, 1.54) is 12.1 Å². The van der Waals surface area contributed by atoms with Crippen molar-refractivity contribution in [3.05, 3.63) is 83.3 Å². The predicted octanol–water partition coefficient (Wildman–Crippen LogP) is 5.45. The quantitative estimate of drug-likeness (QED) is 0.501. The molecule has 4 rings (SSSR count). The second-order valence-electron chi connectivity index (χ2n) is 6.17. The lowest BCUT2D eigenvalue weighted by Gasteiger charge is -2.12. The van der Waals surface area contributed by atoms with Crippen LogP contribution in [0.4, 0.5) is 15.9 Å². The summed E-state index contributed by atoms with van der Waals surface area (Å²) in [6, 6.07) is 17.7. The molecular weight excluding hydrogens is 377 g/mol.